The molecular weight excluding hydrogens is 320 g/mol. The first kappa shape index (κ1) is 13.6. The number of benzene rings is 1. The van der Waals surface area contributed by atoms with E-state index in [-0.39, 0.29) is 24.4 Å². The Morgan fingerprint density at radius 2 is 1.85 bits per heavy atom. The van der Waals surface area contributed by atoms with Gasteiger partial charge in [0.2, 0.25) is 11.8 Å². The normalized spacial score (nSPS) is 22.4. The van der Waals surface area contributed by atoms with Crippen molar-refractivity contribution in [2.24, 2.45) is 0 Å². The fourth-order valence-corrected chi connectivity index (χ4v) is 4.01. The van der Waals surface area contributed by atoms with Gasteiger partial charge in [-0.25, -0.2) is 0 Å². The number of nitrogens with zero attached hydrogens (tertiary/aromatic N) is 2. The summed E-state index contributed by atoms with van der Waals surface area (Å²) in [5, 5.41) is 0. The van der Waals surface area contributed by atoms with Crippen LogP contribution in [0.15, 0.2) is 16.6 Å². The topological polar surface area (TPSA) is 40.6 Å². The van der Waals surface area contributed by atoms with Crippen molar-refractivity contribution in [1.82, 2.24) is 4.90 Å². The fraction of sp³-hybridized carbons (Fsp3) is 0.467. The zero-order valence-electron chi connectivity index (χ0n) is 11.6. The van der Waals surface area contributed by atoms with Gasteiger partial charge in [-0.2, -0.15) is 0 Å². The second-order valence-electron chi connectivity index (χ2n) is 5.56. The second kappa shape index (κ2) is 4.88. The van der Waals surface area contributed by atoms with Crippen LogP contribution in [0.5, 0.6) is 0 Å². The van der Waals surface area contributed by atoms with Crippen molar-refractivity contribution in [3.05, 3.63) is 27.7 Å². The first-order chi connectivity index (χ1) is 9.49. The largest absolute Gasteiger partial charge is 0.329 e. The zero-order valence-corrected chi connectivity index (χ0v) is 13.2. The Balaban J connectivity index is 2.02. The molecule has 4 nitrogen and oxygen atoms in total. The van der Waals surface area contributed by atoms with Crippen molar-refractivity contribution in [2.75, 3.05) is 18.0 Å². The molecule has 0 aromatic heterocycles. The lowest BCUT2D eigenvalue weighted by Gasteiger charge is -2.37. The molecule has 2 amide bonds. The summed E-state index contributed by atoms with van der Waals surface area (Å²) in [6.07, 6.45) is 1.71. The fourth-order valence-electron chi connectivity index (χ4n) is 3.32. The molecule has 1 atom stereocenters. The third-order valence-electron chi connectivity index (χ3n) is 4.14. The molecule has 0 radical (unpaired) electrons. The van der Waals surface area contributed by atoms with Gasteiger partial charge >= 0.3 is 0 Å². The van der Waals surface area contributed by atoms with Crippen LogP contribution >= 0.6 is 15.9 Å². The predicted molar refractivity (Wildman–Crippen MR) is 80.7 cm³/mol. The van der Waals surface area contributed by atoms with Crippen LogP contribution in [0.4, 0.5) is 5.69 Å². The van der Waals surface area contributed by atoms with Crippen molar-refractivity contribution < 1.29 is 9.59 Å². The van der Waals surface area contributed by atoms with Crippen LogP contribution in [0.1, 0.15) is 24.0 Å². The Labute approximate surface area is 126 Å². The monoisotopic (exact) mass is 336 g/mol. The Hall–Kier alpha value is -1.36. The van der Waals surface area contributed by atoms with E-state index in [0.29, 0.717) is 0 Å². The molecule has 0 saturated carbocycles. The standard InChI is InChI=1S/C15H17BrN2O2/c1-9-6-11(16)7-10(2)14(9)18-8-13(19)17-5-3-4-12(17)15(18)20/h6-7,12H,3-5,8H2,1-2H3. The molecular formula is C15H17BrN2O2. The number of anilines is 1. The van der Waals surface area contributed by atoms with Gasteiger partial charge in [-0.05, 0) is 49.9 Å². The molecule has 2 aliphatic rings. The molecule has 2 fully saturated rings. The Bertz CT molecular complexity index is 577. The van der Waals surface area contributed by atoms with E-state index in [0.717, 1.165) is 40.7 Å². The van der Waals surface area contributed by atoms with Crippen molar-refractivity contribution >= 4 is 33.4 Å². The summed E-state index contributed by atoms with van der Waals surface area (Å²) in [5.74, 6) is 0.129. The Morgan fingerprint density at radius 3 is 2.50 bits per heavy atom. The van der Waals surface area contributed by atoms with Gasteiger partial charge in [0.05, 0.1) is 5.69 Å². The number of rotatable bonds is 1. The van der Waals surface area contributed by atoms with Gasteiger partial charge in [-0.3, -0.25) is 9.59 Å². The van der Waals surface area contributed by atoms with Crippen LogP contribution in [0.3, 0.4) is 0 Å². The average molecular weight is 337 g/mol. The highest BCUT2D eigenvalue weighted by molar-refractivity contribution is 9.10. The van der Waals surface area contributed by atoms with Gasteiger partial charge in [0.15, 0.2) is 0 Å². The minimum Gasteiger partial charge on any atom is -0.329 e. The number of amides is 2. The highest BCUT2D eigenvalue weighted by Crippen LogP contribution is 2.33. The molecule has 0 aliphatic carbocycles. The molecule has 0 N–H and O–H groups in total. The number of piperazine rings is 1. The highest BCUT2D eigenvalue weighted by Gasteiger charge is 2.42. The van der Waals surface area contributed by atoms with Crippen LogP contribution in [-0.4, -0.2) is 35.8 Å². The van der Waals surface area contributed by atoms with Crippen molar-refractivity contribution in [3.8, 4) is 0 Å². The average Bonchev–Trinajstić information content (AvgIpc) is 2.83. The van der Waals surface area contributed by atoms with Gasteiger partial charge in [-0.15, -0.1) is 0 Å². The number of carbonyl (C=O) groups is 2. The first-order valence-corrected chi connectivity index (χ1v) is 7.66. The van der Waals surface area contributed by atoms with Crippen LogP contribution in [-0.2, 0) is 9.59 Å². The summed E-state index contributed by atoms with van der Waals surface area (Å²) in [6.45, 7) is 4.85. The van der Waals surface area contributed by atoms with E-state index >= 15 is 0 Å². The minimum atomic E-state index is -0.251. The Kier molecular flexibility index (Phi) is 3.32. The van der Waals surface area contributed by atoms with Crippen LogP contribution in [0.25, 0.3) is 0 Å². The van der Waals surface area contributed by atoms with Gasteiger partial charge in [0.1, 0.15) is 12.6 Å². The molecule has 0 bridgehead atoms. The van der Waals surface area contributed by atoms with Crippen LogP contribution in [0, 0.1) is 13.8 Å². The number of carbonyl (C=O) groups excluding carboxylic acids is 2. The summed E-state index contributed by atoms with van der Waals surface area (Å²) in [7, 11) is 0. The lowest BCUT2D eigenvalue weighted by atomic mass is 10.0. The van der Waals surface area contributed by atoms with E-state index in [4.69, 9.17) is 0 Å². The van der Waals surface area contributed by atoms with E-state index in [9.17, 15) is 9.59 Å². The molecule has 0 spiro atoms. The molecule has 1 unspecified atom stereocenters. The van der Waals surface area contributed by atoms with E-state index in [2.05, 4.69) is 15.9 Å². The van der Waals surface area contributed by atoms with Crippen molar-refractivity contribution in [2.45, 2.75) is 32.7 Å². The van der Waals surface area contributed by atoms with Gasteiger partial charge < -0.3 is 9.80 Å². The number of aryl methyl sites for hydroxylation is 2. The third kappa shape index (κ3) is 2.04. The number of halogens is 1. The zero-order chi connectivity index (χ0) is 14.4. The molecule has 106 valence electrons. The lowest BCUT2D eigenvalue weighted by molar-refractivity contribution is -0.140. The van der Waals surface area contributed by atoms with Crippen LogP contribution in [0.2, 0.25) is 0 Å². The molecule has 20 heavy (non-hydrogen) atoms. The maximum absolute atomic E-state index is 12.7. The van der Waals surface area contributed by atoms with E-state index in [1.54, 1.807) is 9.80 Å². The molecule has 1 aromatic carbocycles. The summed E-state index contributed by atoms with van der Waals surface area (Å²) in [6, 6.07) is 3.72. The maximum atomic E-state index is 12.7. The first-order valence-electron chi connectivity index (χ1n) is 6.86. The summed E-state index contributed by atoms with van der Waals surface area (Å²) < 4.78 is 0.995. The molecule has 3 rings (SSSR count). The number of hydrogen-bond acceptors (Lipinski definition) is 2. The Morgan fingerprint density at radius 1 is 1.20 bits per heavy atom. The molecule has 1 aromatic rings. The SMILES string of the molecule is Cc1cc(Br)cc(C)c1N1CC(=O)N2CCCC2C1=O. The highest BCUT2D eigenvalue weighted by atomic mass is 79.9. The van der Waals surface area contributed by atoms with E-state index in [1.807, 2.05) is 26.0 Å². The van der Waals surface area contributed by atoms with Crippen molar-refractivity contribution in [3.63, 3.8) is 0 Å². The van der Waals surface area contributed by atoms with E-state index in [1.165, 1.54) is 0 Å². The second-order valence-corrected chi connectivity index (χ2v) is 6.47. The van der Waals surface area contributed by atoms with Gasteiger partial charge in [0.25, 0.3) is 0 Å². The lowest BCUT2D eigenvalue weighted by Crippen LogP contribution is -2.57. The van der Waals surface area contributed by atoms with Gasteiger partial charge in [0, 0.05) is 11.0 Å². The molecule has 2 heterocycles. The smallest absolute Gasteiger partial charge is 0.250 e. The third-order valence-corrected chi connectivity index (χ3v) is 4.60. The quantitative estimate of drug-likeness (QED) is 0.790. The molecule has 2 saturated heterocycles. The molecule has 2 aliphatic heterocycles. The summed E-state index contributed by atoms with van der Waals surface area (Å²) >= 11 is 3.46. The predicted octanol–water partition coefficient (Wildman–Crippen LogP) is 2.40. The van der Waals surface area contributed by atoms with E-state index < -0.39 is 0 Å². The maximum Gasteiger partial charge on any atom is 0.250 e. The summed E-state index contributed by atoms with van der Waals surface area (Å²) in [5.41, 5.74) is 2.92. The van der Waals surface area contributed by atoms with Crippen LogP contribution < -0.4 is 4.90 Å². The summed E-state index contributed by atoms with van der Waals surface area (Å²) in [4.78, 5) is 28.3. The number of hydrogen-bond donors (Lipinski definition) is 0. The molecule has 5 heteroatoms. The minimum absolute atomic E-state index is 0.0637. The van der Waals surface area contributed by atoms with Crippen molar-refractivity contribution in [1.29, 1.82) is 0 Å². The number of fused-ring (bicyclic) bond motifs is 1. The van der Waals surface area contributed by atoms with Gasteiger partial charge in [-0.1, -0.05) is 15.9 Å².